The Morgan fingerprint density at radius 1 is 1.24 bits per heavy atom. The Labute approximate surface area is 147 Å². The molecular formula is C19H22N4O2. The summed E-state index contributed by atoms with van der Waals surface area (Å²) in [4.78, 5) is 23.3. The molecule has 0 unspecified atom stereocenters. The minimum absolute atomic E-state index is 0.103. The molecule has 3 rings (SSSR count). The van der Waals surface area contributed by atoms with Crippen LogP contribution in [0.4, 0.5) is 5.95 Å². The van der Waals surface area contributed by atoms with Gasteiger partial charge in [0.05, 0.1) is 5.56 Å². The number of nitrogens with zero attached hydrogens (tertiary/aromatic N) is 3. The lowest BCUT2D eigenvalue weighted by Crippen LogP contribution is -2.45. The zero-order valence-corrected chi connectivity index (χ0v) is 14.1. The van der Waals surface area contributed by atoms with E-state index in [2.05, 4.69) is 26.8 Å². The highest BCUT2D eigenvalue weighted by atomic mass is 16.5. The van der Waals surface area contributed by atoms with Gasteiger partial charge in [-0.3, -0.25) is 4.79 Å². The fourth-order valence-electron chi connectivity index (χ4n) is 2.87. The molecule has 1 amide bonds. The molecule has 6 nitrogen and oxygen atoms in total. The van der Waals surface area contributed by atoms with E-state index in [1.807, 2.05) is 18.2 Å². The summed E-state index contributed by atoms with van der Waals surface area (Å²) in [5.41, 5.74) is 0.554. The van der Waals surface area contributed by atoms with Gasteiger partial charge in [-0.25, -0.2) is 9.97 Å². The number of amides is 1. The first-order valence-corrected chi connectivity index (χ1v) is 8.43. The van der Waals surface area contributed by atoms with Crippen molar-refractivity contribution in [1.82, 2.24) is 15.3 Å². The smallest absolute Gasteiger partial charge is 0.255 e. The number of benzene rings is 1. The number of carbonyl (C=O) groups excluding carboxylic acids is 1. The normalized spacial score (nSPS) is 14.8. The fourth-order valence-corrected chi connectivity index (χ4v) is 2.87. The second kappa shape index (κ2) is 8.28. The Hall–Kier alpha value is -2.89. The van der Waals surface area contributed by atoms with Gasteiger partial charge in [0.15, 0.2) is 0 Å². The molecule has 1 fully saturated rings. The number of rotatable bonds is 6. The van der Waals surface area contributed by atoms with E-state index >= 15 is 0 Å². The van der Waals surface area contributed by atoms with Gasteiger partial charge in [-0.05, 0) is 31.0 Å². The van der Waals surface area contributed by atoms with Gasteiger partial charge in [0.25, 0.3) is 5.91 Å². The van der Waals surface area contributed by atoms with Crippen molar-refractivity contribution in [3.05, 3.63) is 60.9 Å². The lowest BCUT2D eigenvalue weighted by molar-refractivity contribution is 0.0927. The summed E-state index contributed by atoms with van der Waals surface area (Å²) in [6.45, 7) is 5.66. The summed E-state index contributed by atoms with van der Waals surface area (Å²) in [5.74, 6) is 1.22. The van der Waals surface area contributed by atoms with Crippen molar-refractivity contribution >= 4 is 11.9 Å². The van der Waals surface area contributed by atoms with Crippen LogP contribution in [0.2, 0.25) is 0 Å². The summed E-state index contributed by atoms with van der Waals surface area (Å²) in [5, 5.41) is 3.11. The molecule has 25 heavy (non-hydrogen) atoms. The molecule has 0 aliphatic carbocycles. The van der Waals surface area contributed by atoms with E-state index in [0.29, 0.717) is 17.9 Å². The molecule has 1 aliphatic rings. The summed E-state index contributed by atoms with van der Waals surface area (Å²) in [6.07, 6.45) is 6.88. The van der Waals surface area contributed by atoms with E-state index < -0.39 is 0 Å². The van der Waals surface area contributed by atoms with E-state index in [0.717, 1.165) is 31.9 Å². The van der Waals surface area contributed by atoms with Crippen LogP contribution < -0.4 is 15.0 Å². The third-order valence-electron chi connectivity index (χ3n) is 4.15. The second-order valence-corrected chi connectivity index (χ2v) is 5.88. The first-order valence-electron chi connectivity index (χ1n) is 8.43. The Balaban J connectivity index is 1.57. The molecule has 1 aromatic carbocycles. The molecule has 0 saturated carbocycles. The highest BCUT2D eigenvalue weighted by molar-refractivity contribution is 5.97. The SMILES string of the molecule is C=CCOc1ccccc1C(=O)NC1CCN(c2ncccn2)CC1. The summed E-state index contributed by atoms with van der Waals surface area (Å²) in [6, 6.07) is 9.22. The average Bonchev–Trinajstić information content (AvgIpc) is 2.68. The van der Waals surface area contributed by atoms with Crippen molar-refractivity contribution in [2.24, 2.45) is 0 Å². The van der Waals surface area contributed by atoms with E-state index in [9.17, 15) is 4.79 Å². The van der Waals surface area contributed by atoms with Crippen LogP contribution in [-0.4, -0.2) is 41.6 Å². The van der Waals surface area contributed by atoms with Gasteiger partial charge < -0.3 is 15.0 Å². The van der Waals surface area contributed by atoms with Gasteiger partial charge in [0.1, 0.15) is 12.4 Å². The average molecular weight is 338 g/mol. The highest BCUT2D eigenvalue weighted by Crippen LogP contribution is 2.20. The number of hydrogen-bond acceptors (Lipinski definition) is 5. The molecule has 1 aliphatic heterocycles. The molecule has 0 spiro atoms. The molecule has 130 valence electrons. The maximum Gasteiger partial charge on any atom is 0.255 e. The molecule has 1 N–H and O–H groups in total. The topological polar surface area (TPSA) is 67.3 Å². The highest BCUT2D eigenvalue weighted by Gasteiger charge is 2.23. The molecule has 2 heterocycles. The largest absolute Gasteiger partial charge is 0.489 e. The number of nitrogens with one attached hydrogen (secondary N) is 1. The van der Waals surface area contributed by atoms with Crippen LogP contribution >= 0.6 is 0 Å². The Morgan fingerprint density at radius 3 is 2.68 bits per heavy atom. The predicted octanol–water partition coefficient (Wildman–Crippen LogP) is 2.44. The van der Waals surface area contributed by atoms with E-state index in [1.54, 1.807) is 30.6 Å². The molecule has 0 atom stereocenters. The monoisotopic (exact) mass is 338 g/mol. The maximum atomic E-state index is 12.6. The van der Waals surface area contributed by atoms with Gasteiger partial charge in [-0.15, -0.1) is 0 Å². The first kappa shape index (κ1) is 17.0. The summed E-state index contributed by atoms with van der Waals surface area (Å²) >= 11 is 0. The lowest BCUT2D eigenvalue weighted by atomic mass is 10.0. The molecule has 2 aromatic rings. The third kappa shape index (κ3) is 4.35. The van der Waals surface area contributed by atoms with Crippen LogP contribution in [0.25, 0.3) is 0 Å². The maximum absolute atomic E-state index is 12.6. The quantitative estimate of drug-likeness (QED) is 0.820. The number of aromatic nitrogens is 2. The van der Waals surface area contributed by atoms with Gasteiger partial charge in [-0.2, -0.15) is 0 Å². The zero-order chi connectivity index (χ0) is 17.5. The molecule has 0 bridgehead atoms. The van der Waals surface area contributed by atoms with Crippen LogP contribution in [-0.2, 0) is 0 Å². The zero-order valence-electron chi connectivity index (χ0n) is 14.1. The fraction of sp³-hybridized carbons (Fsp3) is 0.316. The van der Waals surface area contributed by atoms with Crippen molar-refractivity contribution in [2.45, 2.75) is 18.9 Å². The van der Waals surface area contributed by atoms with Crippen LogP contribution in [0.1, 0.15) is 23.2 Å². The molecule has 0 radical (unpaired) electrons. The van der Waals surface area contributed by atoms with Crippen molar-refractivity contribution in [3.63, 3.8) is 0 Å². The number of para-hydroxylation sites is 1. The van der Waals surface area contributed by atoms with Gasteiger partial charge in [-0.1, -0.05) is 24.8 Å². The molecule has 1 saturated heterocycles. The standard InChI is InChI=1S/C19H22N4O2/c1-2-14-25-17-7-4-3-6-16(17)18(24)22-15-8-12-23(13-9-15)19-20-10-5-11-21-19/h2-7,10-11,15H,1,8-9,12-14H2,(H,22,24). The van der Waals surface area contributed by atoms with Crippen molar-refractivity contribution < 1.29 is 9.53 Å². The number of anilines is 1. The first-order chi connectivity index (χ1) is 12.3. The second-order valence-electron chi connectivity index (χ2n) is 5.88. The van der Waals surface area contributed by atoms with Gasteiger partial charge in [0.2, 0.25) is 5.95 Å². The van der Waals surface area contributed by atoms with E-state index in [-0.39, 0.29) is 11.9 Å². The molecular weight excluding hydrogens is 316 g/mol. The van der Waals surface area contributed by atoms with Crippen molar-refractivity contribution in [2.75, 3.05) is 24.6 Å². The van der Waals surface area contributed by atoms with E-state index in [1.165, 1.54) is 0 Å². The predicted molar refractivity (Wildman–Crippen MR) is 96.9 cm³/mol. The Morgan fingerprint density at radius 2 is 1.96 bits per heavy atom. The Bertz CT molecular complexity index is 712. The van der Waals surface area contributed by atoms with Crippen molar-refractivity contribution in [1.29, 1.82) is 0 Å². The van der Waals surface area contributed by atoms with Crippen LogP contribution in [0, 0.1) is 0 Å². The number of hydrogen-bond donors (Lipinski definition) is 1. The van der Waals surface area contributed by atoms with Crippen LogP contribution in [0.3, 0.4) is 0 Å². The van der Waals surface area contributed by atoms with Crippen molar-refractivity contribution in [3.8, 4) is 5.75 Å². The Kier molecular flexibility index (Phi) is 5.61. The van der Waals surface area contributed by atoms with Crippen LogP contribution in [0.5, 0.6) is 5.75 Å². The summed E-state index contributed by atoms with van der Waals surface area (Å²) in [7, 11) is 0. The summed E-state index contributed by atoms with van der Waals surface area (Å²) < 4.78 is 5.57. The minimum atomic E-state index is -0.103. The third-order valence-corrected chi connectivity index (χ3v) is 4.15. The van der Waals surface area contributed by atoms with Crippen LogP contribution in [0.15, 0.2) is 55.4 Å². The number of carbonyl (C=O) groups is 1. The van der Waals surface area contributed by atoms with Gasteiger partial charge >= 0.3 is 0 Å². The molecule has 1 aromatic heterocycles. The number of piperidine rings is 1. The number of ether oxygens (including phenoxy) is 1. The van der Waals surface area contributed by atoms with Gasteiger partial charge in [0, 0.05) is 31.5 Å². The van der Waals surface area contributed by atoms with E-state index in [4.69, 9.17) is 4.74 Å². The minimum Gasteiger partial charge on any atom is -0.489 e. The lowest BCUT2D eigenvalue weighted by Gasteiger charge is -2.32. The molecule has 6 heteroatoms.